The molecule has 0 saturated heterocycles. The number of pyridine rings is 2. The molecule has 3 N–H and O–H groups in total. The van der Waals surface area contributed by atoms with Crippen LogP contribution >= 0.6 is 0 Å². The van der Waals surface area contributed by atoms with Crippen LogP contribution in [-0.2, 0) is 0 Å². The zero-order valence-corrected chi connectivity index (χ0v) is 10.7. The predicted octanol–water partition coefficient (Wildman–Crippen LogP) is 2.08. The van der Waals surface area contributed by atoms with Crippen molar-refractivity contribution >= 4 is 22.5 Å². The van der Waals surface area contributed by atoms with Crippen LogP contribution in [0.2, 0.25) is 0 Å². The fourth-order valence-electron chi connectivity index (χ4n) is 2.12. The van der Waals surface area contributed by atoms with Crippen LogP contribution in [0, 0.1) is 10.1 Å². The minimum Gasteiger partial charge on any atom is -0.378 e. The van der Waals surface area contributed by atoms with Gasteiger partial charge >= 0.3 is 5.69 Å². The number of aromatic amines is 1. The maximum Gasteiger partial charge on any atom is 0.311 e. The SMILES string of the molecule is Nc1nc2[nH]c(=O)c(-c3ccccc3)cc2cc1[N+](=O)[O-]. The Balaban J connectivity index is 2.30. The Morgan fingerprint density at radius 2 is 1.90 bits per heavy atom. The standard InChI is InChI=1S/C14H10N4O3/c15-12-11(18(20)21)7-9-6-10(8-4-2-1-3-5-8)14(19)17-13(9)16-12/h1-7H,(H3,15,16,17,19). The number of nitro groups is 1. The molecular formula is C14H10N4O3. The van der Waals surface area contributed by atoms with Gasteiger partial charge in [0.05, 0.1) is 4.92 Å². The van der Waals surface area contributed by atoms with Crippen molar-refractivity contribution in [3.8, 4) is 11.1 Å². The van der Waals surface area contributed by atoms with Crippen LogP contribution in [0.4, 0.5) is 11.5 Å². The normalized spacial score (nSPS) is 10.7. The Morgan fingerprint density at radius 1 is 1.19 bits per heavy atom. The Morgan fingerprint density at radius 3 is 2.57 bits per heavy atom. The lowest BCUT2D eigenvalue weighted by Gasteiger charge is -2.04. The van der Waals surface area contributed by atoms with E-state index in [1.54, 1.807) is 18.2 Å². The van der Waals surface area contributed by atoms with E-state index in [4.69, 9.17) is 5.73 Å². The van der Waals surface area contributed by atoms with Crippen molar-refractivity contribution < 1.29 is 4.92 Å². The monoisotopic (exact) mass is 282 g/mol. The maximum atomic E-state index is 12.1. The number of aromatic nitrogens is 2. The summed E-state index contributed by atoms with van der Waals surface area (Å²) in [5, 5.41) is 11.4. The second-order valence-electron chi connectivity index (χ2n) is 4.47. The number of anilines is 1. The van der Waals surface area contributed by atoms with Crippen LogP contribution < -0.4 is 11.3 Å². The molecule has 0 saturated carbocycles. The number of nitrogen functional groups attached to an aromatic ring is 1. The highest BCUT2D eigenvalue weighted by Gasteiger charge is 2.16. The molecule has 2 heterocycles. The van der Waals surface area contributed by atoms with Crippen LogP contribution in [0.5, 0.6) is 0 Å². The molecule has 0 bridgehead atoms. The zero-order valence-electron chi connectivity index (χ0n) is 10.7. The summed E-state index contributed by atoms with van der Waals surface area (Å²) in [5.74, 6) is -0.226. The first-order valence-corrected chi connectivity index (χ1v) is 6.09. The molecule has 3 aromatic rings. The third-order valence-corrected chi connectivity index (χ3v) is 3.12. The molecule has 21 heavy (non-hydrogen) atoms. The number of benzene rings is 1. The largest absolute Gasteiger partial charge is 0.378 e. The number of rotatable bonds is 2. The van der Waals surface area contributed by atoms with E-state index in [0.717, 1.165) is 5.56 Å². The summed E-state index contributed by atoms with van der Waals surface area (Å²) in [7, 11) is 0. The van der Waals surface area contributed by atoms with E-state index in [-0.39, 0.29) is 22.7 Å². The van der Waals surface area contributed by atoms with E-state index < -0.39 is 4.92 Å². The molecule has 2 aromatic heterocycles. The van der Waals surface area contributed by atoms with Gasteiger partial charge in [0.2, 0.25) is 5.82 Å². The number of hydrogen-bond acceptors (Lipinski definition) is 5. The molecule has 0 radical (unpaired) electrons. The lowest BCUT2D eigenvalue weighted by molar-refractivity contribution is -0.384. The summed E-state index contributed by atoms with van der Waals surface area (Å²) in [6.07, 6.45) is 0. The van der Waals surface area contributed by atoms with E-state index in [2.05, 4.69) is 9.97 Å². The first-order chi connectivity index (χ1) is 10.1. The van der Waals surface area contributed by atoms with Crippen LogP contribution in [0.15, 0.2) is 47.3 Å². The predicted molar refractivity (Wildman–Crippen MR) is 78.9 cm³/mol. The van der Waals surface area contributed by atoms with Gasteiger partial charge in [-0.25, -0.2) is 4.98 Å². The van der Waals surface area contributed by atoms with Gasteiger partial charge in [-0.2, -0.15) is 0 Å². The van der Waals surface area contributed by atoms with Gasteiger partial charge < -0.3 is 10.7 Å². The number of nitrogens with two attached hydrogens (primary N) is 1. The molecule has 0 amide bonds. The second kappa shape index (κ2) is 4.71. The van der Waals surface area contributed by atoms with E-state index >= 15 is 0 Å². The lowest BCUT2D eigenvalue weighted by Crippen LogP contribution is -2.10. The fourth-order valence-corrected chi connectivity index (χ4v) is 2.12. The van der Waals surface area contributed by atoms with E-state index in [9.17, 15) is 14.9 Å². The van der Waals surface area contributed by atoms with Crippen molar-refractivity contribution in [3.63, 3.8) is 0 Å². The highest BCUT2D eigenvalue weighted by Crippen LogP contribution is 2.25. The third kappa shape index (κ3) is 2.20. The summed E-state index contributed by atoms with van der Waals surface area (Å²) in [6, 6.07) is 11.9. The molecule has 7 heteroatoms. The van der Waals surface area contributed by atoms with Gasteiger partial charge in [0.25, 0.3) is 5.56 Å². The number of fused-ring (bicyclic) bond motifs is 1. The Kier molecular flexibility index (Phi) is 2.87. The summed E-state index contributed by atoms with van der Waals surface area (Å²) in [6.45, 7) is 0. The smallest absolute Gasteiger partial charge is 0.311 e. The van der Waals surface area contributed by atoms with Crippen molar-refractivity contribution in [3.05, 3.63) is 62.9 Å². The Hall–Kier alpha value is -3.22. The van der Waals surface area contributed by atoms with Gasteiger partial charge in [-0.3, -0.25) is 14.9 Å². The molecule has 3 rings (SSSR count). The van der Waals surface area contributed by atoms with Crippen molar-refractivity contribution in [2.75, 3.05) is 5.73 Å². The van der Waals surface area contributed by atoms with Gasteiger partial charge in [-0.1, -0.05) is 30.3 Å². The van der Waals surface area contributed by atoms with Gasteiger partial charge in [0, 0.05) is 17.0 Å². The second-order valence-corrected chi connectivity index (χ2v) is 4.47. The topological polar surface area (TPSA) is 115 Å². The van der Waals surface area contributed by atoms with Crippen molar-refractivity contribution in [1.29, 1.82) is 0 Å². The average Bonchev–Trinajstić information content (AvgIpc) is 2.46. The summed E-state index contributed by atoms with van der Waals surface area (Å²) < 4.78 is 0. The molecule has 104 valence electrons. The highest BCUT2D eigenvalue weighted by molar-refractivity contribution is 5.84. The number of hydrogen-bond donors (Lipinski definition) is 2. The van der Waals surface area contributed by atoms with Gasteiger partial charge in [-0.15, -0.1) is 0 Å². The molecule has 0 unspecified atom stereocenters. The Labute approximate surface area is 118 Å². The molecule has 0 spiro atoms. The minimum absolute atomic E-state index is 0.225. The van der Waals surface area contributed by atoms with E-state index in [1.165, 1.54) is 6.07 Å². The quantitative estimate of drug-likeness (QED) is 0.551. The van der Waals surface area contributed by atoms with Gasteiger partial charge in [0.15, 0.2) is 0 Å². The molecule has 0 fully saturated rings. The molecule has 0 aliphatic rings. The van der Waals surface area contributed by atoms with Crippen molar-refractivity contribution in [1.82, 2.24) is 9.97 Å². The van der Waals surface area contributed by atoms with Gasteiger partial charge in [-0.05, 0) is 11.6 Å². The number of nitrogens with one attached hydrogen (secondary N) is 1. The molecular weight excluding hydrogens is 272 g/mol. The van der Waals surface area contributed by atoms with Crippen molar-refractivity contribution in [2.24, 2.45) is 0 Å². The fraction of sp³-hybridized carbons (Fsp3) is 0. The molecule has 0 aliphatic carbocycles. The van der Waals surface area contributed by atoms with Crippen LogP contribution in [-0.4, -0.2) is 14.9 Å². The summed E-state index contributed by atoms with van der Waals surface area (Å²) >= 11 is 0. The van der Waals surface area contributed by atoms with Crippen LogP contribution in [0.1, 0.15) is 0 Å². The number of H-pyrrole nitrogens is 1. The average molecular weight is 282 g/mol. The maximum absolute atomic E-state index is 12.1. The minimum atomic E-state index is -0.602. The molecule has 7 nitrogen and oxygen atoms in total. The zero-order chi connectivity index (χ0) is 15.0. The third-order valence-electron chi connectivity index (χ3n) is 3.12. The molecule has 0 atom stereocenters. The van der Waals surface area contributed by atoms with Crippen LogP contribution in [0.25, 0.3) is 22.2 Å². The van der Waals surface area contributed by atoms with Crippen LogP contribution in [0.3, 0.4) is 0 Å². The molecule has 1 aromatic carbocycles. The highest BCUT2D eigenvalue weighted by atomic mass is 16.6. The first-order valence-electron chi connectivity index (χ1n) is 6.09. The van der Waals surface area contributed by atoms with E-state index in [1.807, 2.05) is 18.2 Å². The van der Waals surface area contributed by atoms with E-state index in [0.29, 0.717) is 10.9 Å². The first kappa shape index (κ1) is 12.8. The Bertz CT molecular complexity index is 903. The summed E-state index contributed by atoms with van der Waals surface area (Å²) in [4.78, 5) is 28.9. The summed E-state index contributed by atoms with van der Waals surface area (Å²) in [5.41, 5.74) is 6.27. The number of nitrogens with zero attached hydrogens (tertiary/aromatic N) is 2. The lowest BCUT2D eigenvalue weighted by atomic mass is 10.1. The van der Waals surface area contributed by atoms with Crippen molar-refractivity contribution in [2.45, 2.75) is 0 Å². The molecule has 0 aliphatic heterocycles. The van der Waals surface area contributed by atoms with Gasteiger partial charge in [0.1, 0.15) is 5.65 Å².